The Labute approximate surface area is 110 Å². The lowest BCUT2D eigenvalue weighted by atomic mass is 10.1. The maximum Gasteiger partial charge on any atom is 0.164 e. The molecule has 0 amide bonds. The highest BCUT2D eigenvalue weighted by Crippen LogP contribution is 2.23. The smallest absolute Gasteiger partial charge is 0.164 e. The zero-order valence-electron chi connectivity index (χ0n) is 10.9. The molecule has 5 nitrogen and oxygen atoms in total. The molecule has 0 aliphatic carbocycles. The van der Waals surface area contributed by atoms with Gasteiger partial charge in [-0.3, -0.25) is 0 Å². The van der Waals surface area contributed by atoms with Gasteiger partial charge in [0.1, 0.15) is 12.4 Å². The van der Waals surface area contributed by atoms with Crippen molar-refractivity contribution in [3.8, 4) is 11.4 Å². The van der Waals surface area contributed by atoms with Crippen molar-refractivity contribution in [2.24, 2.45) is 0 Å². The normalized spacial score (nSPS) is 10.9. The summed E-state index contributed by atoms with van der Waals surface area (Å²) in [5.41, 5.74) is 1.57. The van der Waals surface area contributed by atoms with Crippen LogP contribution >= 0.6 is 0 Å². The molecule has 1 N–H and O–H groups in total. The van der Waals surface area contributed by atoms with Gasteiger partial charge in [0.15, 0.2) is 11.6 Å². The Hall–Kier alpha value is -1.79. The van der Waals surface area contributed by atoms with E-state index in [1.807, 2.05) is 6.92 Å². The van der Waals surface area contributed by atoms with Gasteiger partial charge in [0, 0.05) is 19.2 Å². The first kappa shape index (κ1) is 13.6. The van der Waals surface area contributed by atoms with Crippen LogP contribution in [-0.2, 0) is 17.9 Å². The number of nitrogens with zero attached hydrogens (tertiary/aromatic N) is 3. The Morgan fingerprint density at radius 3 is 2.84 bits per heavy atom. The van der Waals surface area contributed by atoms with Crippen molar-refractivity contribution in [2.75, 3.05) is 13.7 Å². The molecule has 0 aliphatic rings. The molecule has 6 heteroatoms. The van der Waals surface area contributed by atoms with E-state index in [4.69, 9.17) is 4.74 Å². The summed E-state index contributed by atoms with van der Waals surface area (Å²) in [6.45, 7) is 2.63. The van der Waals surface area contributed by atoms with Gasteiger partial charge in [0.2, 0.25) is 0 Å². The van der Waals surface area contributed by atoms with E-state index < -0.39 is 0 Å². The molecule has 1 aromatic carbocycles. The average molecular weight is 265 g/mol. The van der Waals surface area contributed by atoms with Gasteiger partial charge in [-0.25, -0.2) is 4.39 Å². The largest absolute Gasteiger partial charge is 0.388 e. The third-order valence-electron chi connectivity index (χ3n) is 2.93. The van der Waals surface area contributed by atoms with Gasteiger partial charge in [-0.2, -0.15) is 0 Å². The summed E-state index contributed by atoms with van der Waals surface area (Å²) in [4.78, 5) is 0. The predicted octanol–water partition coefficient (Wildman–Crippen LogP) is 1.53. The molecule has 0 unspecified atom stereocenters. The molecule has 2 rings (SSSR count). The van der Waals surface area contributed by atoms with Crippen LogP contribution in [0.5, 0.6) is 0 Å². The number of aliphatic hydroxyl groups excluding tert-OH is 1. The second-order valence-corrected chi connectivity index (χ2v) is 4.20. The van der Waals surface area contributed by atoms with Gasteiger partial charge in [0.25, 0.3) is 0 Å². The summed E-state index contributed by atoms with van der Waals surface area (Å²) >= 11 is 0. The number of aromatic nitrogens is 3. The van der Waals surface area contributed by atoms with Gasteiger partial charge >= 0.3 is 0 Å². The second kappa shape index (κ2) is 5.90. The minimum Gasteiger partial charge on any atom is -0.388 e. The standard InChI is InChI=1S/C13H16FN3O2/c1-9-3-4-10(14)7-11(9)13-16-15-12(8-18)17(13)5-6-19-2/h3-4,7,18H,5-6,8H2,1-2H3. The molecule has 102 valence electrons. The van der Waals surface area contributed by atoms with E-state index in [-0.39, 0.29) is 12.4 Å². The first-order valence-electron chi connectivity index (χ1n) is 5.95. The summed E-state index contributed by atoms with van der Waals surface area (Å²) in [6, 6.07) is 4.52. The molecule has 1 aromatic heterocycles. The average Bonchev–Trinajstić information content (AvgIpc) is 2.81. The fraction of sp³-hybridized carbons (Fsp3) is 0.385. The van der Waals surface area contributed by atoms with Crippen LogP contribution in [0.2, 0.25) is 0 Å². The molecular weight excluding hydrogens is 249 g/mol. The molecule has 19 heavy (non-hydrogen) atoms. The number of aliphatic hydroxyl groups is 1. The minimum absolute atomic E-state index is 0.217. The number of hydrogen-bond donors (Lipinski definition) is 1. The van der Waals surface area contributed by atoms with Crippen molar-refractivity contribution in [2.45, 2.75) is 20.1 Å². The number of halogens is 1. The Morgan fingerprint density at radius 2 is 2.16 bits per heavy atom. The molecular formula is C13H16FN3O2. The van der Waals surface area contributed by atoms with E-state index in [1.165, 1.54) is 12.1 Å². The predicted molar refractivity (Wildman–Crippen MR) is 68.0 cm³/mol. The molecule has 0 atom stereocenters. The summed E-state index contributed by atoms with van der Waals surface area (Å²) in [5, 5.41) is 17.2. The third kappa shape index (κ3) is 2.80. The van der Waals surface area contributed by atoms with Crippen LogP contribution in [0.3, 0.4) is 0 Å². The molecule has 0 saturated heterocycles. The maximum atomic E-state index is 13.4. The maximum absolute atomic E-state index is 13.4. The first-order valence-corrected chi connectivity index (χ1v) is 5.95. The monoisotopic (exact) mass is 265 g/mol. The zero-order chi connectivity index (χ0) is 13.8. The molecule has 0 fully saturated rings. The van der Waals surface area contributed by atoms with Crippen molar-refractivity contribution >= 4 is 0 Å². The molecule has 0 radical (unpaired) electrons. The quantitative estimate of drug-likeness (QED) is 0.890. The van der Waals surface area contributed by atoms with E-state index >= 15 is 0 Å². The van der Waals surface area contributed by atoms with Crippen molar-refractivity contribution in [1.29, 1.82) is 0 Å². The van der Waals surface area contributed by atoms with Gasteiger partial charge in [-0.05, 0) is 24.6 Å². The summed E-state index contributed by atoms with van der Waals surface area (Å²) in [5.74, 6) is 0.654. The van der Waals surface area contributed by atoms with Crippen LogP contribution in [-0.4, -0.2) is 33.6 Å². The molecule has 1 heterocycles. The molecule has 0 aliphatic heterocycles. The summed E-state index contributed by atoms with van der Waals surface area (Å²) in [6.07, 6.45) is 0. The van der Waals surface area contributed by atoms with Crippen LogP contribution in [0.15, 0.2) is 18.2 Å². The van der Waals surface area contributed by atoms with Gasteiger partial charge < -0.3 is 14.4 Å². The topological polar surface area (TPSA) is 60.2 Å². The van der Waals surface area contributed by atoms with Crippen LogP contribution in [0.4, 0.5) is 4.39 Å². The lowest BCUT2D eigenvalue weighted by Crippen LogP contribution is -2.10. The highest BCUT2D eigenvalue weighted by Gasteiger charge is 2.15. The lowest BCUT2D eigenvalue weighted by Gasteiger charge is -2.10. The van der Waals surface area contributed by atoms with Crippen molar-refractivity contribution < 1.29 is 14.2 Å². The number of benzene rings is 1. The number of methoxy groups -OCH3 is 1. The van der Waals surface area contributed by atoms with Crippen LogP contribution in [0.25, 0.3) is 11.4 Å². The van der Waals surface area contributed by atoms with Crippen molar-refractivity contribution in [3.63, 3.8) is 0 Å². The summed E-state index contributed by atoms with van der Waals surface area (Å²) < 4.78 is 20.1. The highest BCUT2D eigenvalue weighted by molar-refractivity contribution is 5.60. The molecule has 0 spiro atoms. The van der Waals surface area contributed by atoms with Gasteiger partial charge in [-0.1, -0.05) is 6.07 Å². The Bertz CT molecular complexity index is 569. The van der Waals surface area contributed by atoms with Crippen LogP contribution in [0, 0.1) is 12.7 Å². The van der Waals surface area contributed by atoms with Crippen LogP contribution < -0.4 is 0 Å². The molecule has 0 saturated carbocycles. The summed E-state index contributed by atoms with van der Waals surface area (Å²) in [7, 11) is 1.59. The van der Waals surface area contributed by atoms with Crippen molar-refractivity contribution in [1.82, 2.24) is 14.8 Å². The number of aryl methyl sites for hydroxylation is 1. The number of hydrogen-bond acceptors (Lipinski definition) is 4. The van der Waals surface area contributed by atoms with E-state index in [9.17, 15) is 9.50 Å². The zero-order valence-corrected chi connectivity index (χ0v) is 10.9. The van der Waals surface area contributed by atoms with Gasteiger partial charge in [0.05, 0.1) is 6.61 Å². The van der Waals surface area contributed by atoms with E-state index in [1.54, 1.807) is 17.7 Å². The van der Waals surface area contributed by atoms with Crippen molar-refractivity contribution in [3.05, 3.63) is 35.4 Å². The van der Waals surface area contributed by atoms with E-state index in [0.717, 1.165) is 5.56 Å². The number of rotatable bonds is 5. The van der Waals surface area contributed by atoms with Gasteiger partial charge in [-0.15, -0.1) is 10.2 Å². The Kier molecular flexibility index (Phi) is 4.24. The Morgan fingerprint density at radius 1 is 1.37 bits per heavy atom. The molecule has 2 aromatic rings. The SMILES string of the molecule is COCCn1c(CO)nnc1-c1cc(F)ccc1C. The fourth-order valence-electron chi connectivity index (χ4n) is 1.90. The fourth-order valence-corrected chi connectivity index (χ4v) is 1.90. The minimum atomic E-state index is -0.326. The lowest BCUT2D eigenvalue weighted by molar-refractivity contribution is 0.183. The second-order valence-electron chi connectivity index (χ2n) is 4.20. The number of ether oxygens (including phenoxy) is 1. The molecule has 0 bridgehead atoms. The first-order chi connectivity index (χ1) is 9.17. The third-order valence-corrected chi connectivity index (χ3v) is 2.93. The van der Waals surface area contributed by atoms with E-state index in [2.05, 4.69) is 10.2 Å². The van der Waals surface area contributed by atoms with Crippen LogP contribution in [0.1, 0.15) is 11.4 Å². The van der Waals surface area contributed by atoms with E-state index in [0.29, 0.717) is 30.4 Å². The highest BCUT2D eigenvalue weighted by atomic mass is 19.1. The Balaban J connectivity index is 2.49.